The first-order chi connectivity index (χ1) is 13.7. The lowest BCUT2D eigenvalue weighted by atomic mass is 10.2. The quantitative estimate of drug-likeness (QED) is 0.434. The zero-order valence-electron chi connectivity index (χ0n) is 15.2. The fraction of sp³-hybridized carbons (Fsp3) is 0.100. The highest BCUT2D eigenvalue weighted by Gasteiger charge is 2.27. The van der Waals surface area contributed by atoms with Crippen molar-refractivity contribution in [3.05, 3.63) is 99.6 Å². The predicted octanol–water partition coefficient (Wildman–Crippen LogP) is 4.58. The number of nitro benzene ring substituents is 1. The normalized spacial score (nSPS) is 11.3. The maximum atomic E-state index is 14.2. The van der Waals surface area contributed by atoms with E-state index in [-0.39, 0.29) is 28.4 Å². The van der Waals surface area contributed by atoms with Gasteiger partial charge in [-0.25, -0.2) is 17.2 Å². The van der Waals surface area contributed by atoms with Gasteiger partial charge in [-0.2, -0.15) is 0 Å². The molecule has 0 atom stereocenters. The number of anilines is 1. The van der Waals surface area contributed by atoms with Crippen molar-refractivity contribution < 1.29 is 22.1 Å². The van der Waals surface area contributed by atoms with Gasteiger partial charge in [0.1, 0.15) is 11.6 Å². The van der Waals surface area contributed by atoms with Gasteiger partial charge in [0.2, 0.25) is 0 Å². The van der Waals surface area contributed by atoms with E-state index in [1.165, 1.54) is 37.3 Å². The minimum Gasteiger partial charge on any atom is -0.262 e. The van der Waals surface area contributed by atoms with Crippen LogP contribution >= 0.6 is 0 Å². The lowest BCUT2D eigenvalue weighted by Crippen LogP contribution is -2.31. The summed E-state index contributed by atoms with van der Waals surface area (Å²) in [5.41, 5.74) is 0.159. The van der Waals surface area contributed by atoms with Crippen molar-refractivity contribution in [1.82, 2.24) is 0 Å². The molecule has 0 aromatic heterocycles. The number of non-ortho nitro benzene ring substituents is 1. The SMILES string of the molecule is Cc1ccc(N(Cc2ccccc2F)S(=O)(=O)c2ccc([N+](=O)[O-])cc2)cc1F. The highest BCUT2D eigenvalue weighted by molar-refractivity contribution is 7.92. The predicted molar refractivity (Wildman–Crippen MR) is 104 cm³/mol. The van der Waals surface area contributed by atoms with Crippen molar-refractivity contribution in [3.8, 4) is 0 Å². The molecule has 6 nitrogen and oxygen atoms in total. The average Bonchev–Trinajstić information content (AvgIpc) is 2.69. The Morgan fingerprint density at radius 3 is 2.21 bits per heavy atom. The Bertz CT molecular complexity index is 1170. The lowest BCUT2D eigenvalue weighted by Gasteiger charge is -2.25. The minimum absolute atomic E-state index is 0.00899. The van der Waals surface area contributed by atoms with Crippen molar-refractivity contribution in [2.45, 2.75) is 18.4 Å². The Morgan fingerprint density at radius 1 is 0.966 bits per heavy atom. The van der Waals surface area contributed by atoms with E-state index in [1.807, 2.05) is 0 Å². The number of nitro groups is 1. The van der Waals surface area contributed by atoms with Crippen LogP contribution in [0.25, 0.3) is 0 Å². The Kier molecular flexibility index (Phi) is 5.60. The van der Waals surface area contributed by atoms with E-state index in [2.05, 4.69) is 0 Å². The molecule has 29 heavy (non-hydrogen) atoms. The van der Waals surface area contributed by atoms with Crippen LogP contribution in [0.3, 0.4) is 0 Å². The molecule has 0 spiro atoms. The Balaban J connectivity index is 2.11. The maximum absolute atomic E-state index is 14.2. The van der Waals surface area contributed by atoms with Crippen LogP contribution in [0.5, 0.6) is 0 Å². The first-order valence-electron chi connectivity index (χ1n) is 8.47. The van der Waals surface area contributed by atoms with Gasteiger partial charge < -0.3 is 0 Å². The van der Waals surface area contributed by atoms with Gasteiger partial charge in [0.15, 0.2) is 0 Å². The average molecular weight is 418 g/mol. The molecule has 3 aromatic carbocycles. The van der Waals surface area contributed by atoms with Gasteiger partial charge in [-0.15, -0.1) is 0 Å². The summed E-state index contributed by atoms with van der Waals surface area (Å²) >= 11 is 0. The van der Waals surface area contributed by atoms with E-state index in [0.717, 1.165) is 34.6 Å². The van der Waals surface area contributed by atoms with E-state index in [0.29, 0.717) is 5.56 Å². The largest absolute Gasteiger partial charge is 0.269 e. The van der Waals surface area contributed by atoms with E-state index in [1.54, 1.807) is 6.07 Å². The van der Waals surface area contributed by atoms with E-state index in [4.69, 9.17) is 0 Å². The molecular weight excluding hydrogens is 402 g/mol. The monoisotopic (exact) mass is 418 g/mol. The van der Waals surface area contributed by atoms with Gasteiger partial charge in [0.25, 0.3) is 15.7 Å². The molecule has 0 unspecified atom stereocenters. The molecule has 3 rings (SSSR count). The van der Waals surface area contributed by atoms with Crippen LogP contribution in [0.1, 0.15) is 11.1 Å². The second kappa shape index (κ2) is 7.96. The number of aryl methyl sites for hydroxylation is 1. The summed E-state index contributed by atoms with van der Waals surface area (Å²) in [6, 6.07) is 13.8. The summed E-state index contributed by atoms with van der Waals surface area (Å²) in [6.45, 7) is 1.15. The number of hydrogen-bond donors (Lipinski definition) is 0. The molecule has 0 amide bonds. The molecule has 0 bridgehead atoms. The summed E-state index contributed by atoms with van der Waals surface area (Å²) in [6.07, 6.45) is 0. The molecule has 0 aliphatic rings. The molecule has 150 valence electrons. The third-order valence-corrected chi connectivity index (χ3v) is 6.14. The minimum atomic E-state index is -4.26. The third kappa shape index (κ3) is 4.24. The van der Waals surface area contributed by atoms with Crippen molar-refractivity contribution >= 4 is 21.4 Å². The van der Waals surface area contributed by atoms with Gasteiger partial charge in [0, 0.05) is 17.7 Å². The molecule has 0 heterocycles. The van der Waals surface area contributed by atoms with Crippen LogP contribution in [0.2, 0.25) is 0 Å². The lowest BCUT2D eigenvalue weighted by molar-refractivity contribution is -0.384. The summed E-state index contributed by atoms with van der Waals surface area (Å²) in [5, 5.41) is 10.8. The second-order valence-electron chi connectivity index (χ2n) is 6.29. The molecular formula is C20H16F2N2O4S. The number of sulfonamides is 1. The molecule has 0 saturated heterocycles. The molecule has 3 aromatic rings. The Labute approximate surface area is 166 Å². The first-order valence-corrected chi connectivity index (χ1v) is 9.91. The topological polar surface area (TPSA) is 80.5 Å². The standard InChI is InChI=1S/C20H16F2N2O4S/c1-14-6-7-17(12-20(14)22)23(13-15-4-2-3-5-19(15)21)29(27,28)18-10-8-16(9-11-18)24(25)26/h2-12H,13H2,1H3. The van der Waals surface area contributed by atoms with Gasteiger partial charge in [-0.3, -0.25) is 14.4 Å². The summed E-state index contributed by atoms with van der Waals surface area (Å²) in [4.78, 5) is 9.94. The first kappa shape index (κ1) is 20.4. The van der Waals surface area contributed by atoms with Crippen LogP contribution in [0.15, 0.2) is 71.6 Å². The van der Waals surface area contributed by atoms with Gasteiger partial charge in [-0.1, -0.05) is 24.3 Å². The van der Waals surface area contributed by atoms with Crippen molar-refractivity contribution in [3.63, 3.8) is 0 Å². The van der Waals surface area contributed by atoms with Gasteiger partial charge >= 0.3 is 0 Å². The molecule has 0 aliphatic heterocycles. The van der Waals surface area contributed by atoms with Crippen molar-refractivity contribution in [2.24, 2.45) is 0 Å². The highest BCUT2D eigenvalue weighted by Crippen LogP contribution is 2.29. The zero-order chi connectivity index (χ0) is 21.2. The Morgan fingerprint density at radius 2 is 1.62 bits per heavy atom. The zero-order valence-corrected chi connectivity index (χ0v) is 16.1. The van der Waals surface area contributed by atoms with Crippen LogP contribution in [-0.4, -0.2) is 13.3 Å². The van der Waals surface area contributed by atoms with Crippen LogP contribution in [-0.2, 0) is 16.6 Å². The summed E-state index contributed by atoms with van der Waals surface area (Å²) in [7, 11) is -4.26. The smallest absolute Gasteiger partial charge is 0.262 e. The van der Waals surface area contributed by atoms with Crippen LogP contribution < -0.4 is 4.31 Å². The molecule has 0 radical (unpaired) electrons. The fourth-order valence-electron chi connectivity index (χ4n) is 2.70. The Hall–Kier alpha value is -3.33. The highest BCUT2D eigenvalue weighted by atomic mass is 32.2. The van der Waals surface area contributed by atoms with Crippen LogP contribution in [0.4, 0.5) is 20.2 Å². The molecule has 0 aliphatic carbocycles. The van der Waals surface area contributed by atoms with E-state index < -0.39 is 26.6 Å². The van der Waals surface area contributed by atoms with Gasteiger partial charge in [-0.05, 0) is 42.8 Å². The number of rotatable bonds is 6. The van der Waals surface area contributed by atoms with Crippen molar-refractivity contribution in [1.29, 1.82) is 0 Å². The van der Waals surface area contributed by atoms with Gasteiger partial charge in [0.05, 0.1) is 22.1 Å². The molecule has 0 saturated carbocycles. The van der Waals surface area contributed by atoms with Crippen molar-refractivity contribution in [2.75, 3.05) is 4.31 Å². The number of benzene rings is 3. The number of halogens is 2. The summed E-state index contributed by atoms with van der Waals surface area (Å²) in [5.74, 6) is -1.22. The fourth-order valence-corrected chi connectivity index (χ4v) is 4.13. The molecule has 0 fully saturated rings. The number of nitrogens with zero attached hydrogens (tertiary/aromatic N) is 2. The molecule has 0 N–H and O–H groups in total. The third-order valence-electron chi connectivity index (χ3n) is 4.35. The van der Waals surface area contributed by atoms with Crippen LogP contribution in [0, 0.1) is 28.7 Å². The molecule has 9 heteroatoms. The van der Waals surface area contributed by atoms with E-state index in [9.17, 15) is 27.3 Å². The van der Waals surface area contributed by atoms with E-state index >= 15 is 0 Å². The second-order valence-corrected chi connectivity index (χ2v) is 8.15. The maximum Gasteiger partial charge on any atom is 0.269 e. The number of hydrogen-bond acceptors (Lipinski definition) is 4. The summed E-state index contributed by atoms with van der Waals surface area (Å²) < 4.78 is 55.6.